The summed E-state index contributed by atoms with van der Waals surface area (Å²) in [6.07, 6.45) is 1.89. The summed E-state index contributed by atoms with van der Waals surface area (Å²) in [6.45, 7) is 3.38. The highest BCUT2D eigenvalue weighted by molar-refractivity contribution is 7.17. The van der Waals surface area contributed by atoms with Crippen molar-refractivity contribution in [3.63, 3.8) is 0 Å². The molecule has 1 heterocycles. The summed E-state index contributed by atoms with van der Waals surface area (Å²) in [5.41, 5.74) is 1.44. The van der Waals surface area contributed by atoms with Gasteiger partial charge in [-0.25, -0.2) is 0 Å². The van der Waals surface area contributed by atoms with Gasteiger partial charge in [0.2, 0.25) is 5.91 Å². The van der Waals surface area contributed by atoms with Crippen LogP contribution in [0.2, 0.25) is 5.02 Å². The predicted molar refractivity (Wildman–Crippen MR) is 79.0 cm³/mol. The number of aldehydes is 1. The number of hydrogen-bond donors (Lipinski definition) is 1. The Morgan fingerprint density at radius 2 is 2.00 bits per heavy atom. The number of nitrogens with one attached hydrogen (secondary N) is 1. The molecule has 0 radical (unpaired) electrons. The van der Waals surface area contributed by atoms with Gasteiger partial charge in [-0.2, -0.15) is 0 Å². The molecule has 96 valence electrons. The highest BCUT2D eigenvalue weighted by Crippen LogP contribution is 2.34. The van der Waals surface area contributed by atoms with Gasteiger partial charge in [0.1, 0.15) is 0 Å². The maximum Gasteiger partial charge on any atom is 0.247 e. The van der Waals surface area contributed by atoms with E-state index in [1.54, 1.807) is 18.2 Å². The Kier molecular flexibility index (Phi) is 4.14. The van der Waals surface area contributed by atoms with E-state index in [4.69, 9.17) is 11.6 Å². The molecule has 0 atom stereocenters. The number of anilines is 1. The predicted octanol–water partition coefficient (Wildman–Crippen LogP) is 4.01. The number of carbonyl (C=O) groups is 2. The van der Waals surface area contributed by atoms with Crippen molar-refractivity contribution in [3.8, 4) is 10.4 Å². The number of thiophene rings is 1. The quantitative estimate of drug-likeness (QED) is 0.683. The molecule has 0 fully saturated rings. The Hall–Kier alpha value is -1.91. The summed E-state index contributed by atoms with van der Waals surface area (Å²) >= 11 is 7.14. The van der Waals surface area contributed by atoms with Gasteiger partial charge in [0.15, 0.2) is 6.29 Å². The molecule has 1 amide bonds. The van der Waals surface area contributed by atoms with Gasteiger partial charge in [0.05, 0.1) is 10.6 Å². The molecule has 1 aromatic heterocycles. The van der Waals surface area contributed by atoms with Gasteiger partial charge in [0.25, 0.3) is 0 Å². The van der Waals surface area contributed by atoms with Crippen LogP contribution in [0.25, 0.3) is 10.4 Å². The van der Waals surface area contributed by atoms with Crippen molar-refractivity contribution >= 4 is 40.8 Å². The van der Waals surface area contributed by atoms with Gasteiger partial charge in [-0.05, 0) is 29.8 Å². The lowest BCUT2D eigenvalue weighted by Crippen LogP contribution is -2.07. The third kappa shape index (κ3) is 3.10. The molecule has 0 spiro atoms. The molecular weight excluding hydrogens is 282 g/mol. The largest absolute Gasteiger partial charge is 0.321 e. The van der Waals surface area contributed by atoms with Crippen LogP contribution in [0.3, 0.4) is 0 Å². The van der Waals surface area contributed by atoms with Crippen molar-refractivity contribution in [1.82, 2.24) is 0 Å². The Morgan fingerprint density at radius 3 is 2.58 bits per heavy atom. The summed E-state index contributed by atoms with van der Waals surface area (Å²) in [5, 5.41) is 3.26. The van der Waals surface area contributed by atoms with Gasteiger partial charge in [-0.1, -0.05) is 30.3 Å². The lowest BCUT2D eigenvalue weighted by molar-refractivity contribution is -0.111. The minimum absolute atomic E-state index is 0.344. The average molecular weight is 292 g/mol. The summed E-state index contributed by atoms with van der Waals surface area (Å²) < 4.78 is 0. The zero-order valence-corrected chi connectivity index (χ0v) is 11.4. The maximum absolute atomic E-state index is 11.3. The van der Waals surface area contributed by atoms with E-state index in [0.717, 1.165) is 22.8 Å². The summed E-state index contributed by atoms with van der Waals surface area (Å²) in [5.74, 6) is -0.344. The van der Waals surface area contributed by atoms with E-state index in [0.29, 0.717) is 15.6 Å². The molecule has 0 aliphatic carbocycles. The fraction of sp³-hybridized carbons (Fsp3) is 0. The molecule has 2 rings (SSSR count). The first-order valence-electron chi connectivity index (χ1n) is 5.42. The van der Waals surface area contributed by atoms with Crippen LogP contribution >= 0.6 is 22.9 Å². The first-order valence-corrected chi connectivity index (χ1v) is 6.62. The van der Waals surface area contributed by atoms with Crippen LogP contribution in [-0.2, 0) is 4.79 Å². The third-order valence-corrected chi connectivity index (χ3v) is 3.80. The van der Waals surface area contributed by atoms with E-state index in [1.807, 2.05) is 12.1 Å². The fourth-order valence-electron chi connectivity index (χ4n) is 1.53. The normalized spacial score (nSPS) is 9.95. The molecule has 0 saturated heterocycles. The van der Waals surface area contributed by atoms with E-state index < -0.39 is 0 Å². The van der Waals surface area contributed by atoms with Crippen molar-refractivity contribution in [1.29, 1.82) is 0 Å². The molecule has 0 aliphatic heterocycles. The van der Waals surface area contributed by atoms with Crippen molar-refractivity contribution in [2.75, 3.05) is 5.32 Å². The van der Waals surface area contributed by atoms with Crippen LogP contribution in [0.4, 0.5) is 5.69 Å². The third-order valence-electron chi connectivity index (χ3n) is 2.44. The van der Waals surface area contributed by atoms with Crippen molar-refractivity contribution in [3.05, 3.63) is 52.9 Å². The number of carbonyl (C=O) groups excluding carboxylic acids is 2. The summed E-state index contributed by atoms with van der Waals surface area (Å²) in [7, 11) is 0. The van der Waals surface area contributed by atoms with Gasteiger partial charge >= 0.3 is 0 Å². The minimum Gasteiger partial charge on any atom is -0.321 e. The first kappa shape index (κ1) is 13.5. The molecule has 1 N–H and O–H groups in total. The van der Waals surface area contributed by atoms with Gasteiger partial charge in [0, 0.05) is 9.90 Å². The van der Waals surface area contributed by atoms with Crippen molar-refractivity contribution in [2.24, 2.45) is 0 Å². The van der Waals surface area contributed by atoms with Gasteiger partial charge in [-0.3, -0.25) is 9.59 Å². The topological polar surface area (TPSA) is 46.2 Å². The molecule has 2 aromatic rings. The molecule has 19 heavy (non-hydrogen) atoms. The smallest absolute Gasteiger partial charge is 0.247 e. The molecule has 1 aromatic carbocycles. The number of benzene rings is 1. The van der Waals surface area contributed by atoms with Crippen LogP contribution in [0.15, 0.2) is 43.0 Å². The summed E-state index contributed by atoms with van der Waals surface area (Å²) in [6, 6.07) is 9.04. The van der Waals surface area contributed by atoms with Gasteiger partial charge < -0.3 is 5.32 Å². The lowest BCUT2D eigenvalue weighted by atomic mass is 10.2. The second kappa shape index (κ2) is 5.82. The van der Waals surface area contributed by atoms with Crippen LogP contribution in [0.1, 0.15) is 9.67 Å². The fourth-order valence-corrected chi connectivity index (χ4v) is 2.59. The Balaban J connectivity index is 2.37. The SMILES string of the molecule is C=CC(=O)Nc1cc(-c2ccc(Cl)cc2)sc1C=O. The summed E-state index contributed by atoms with van der Waals surface area (Å²) in [4.78, 5) is 23.6. The Morgan fingerprint density at radius 1 is 1.32 bits per heavy atom. The highest BCUT2D eigenvalue weighted by atomic mass is 35.5. The molecule has 0 saturated carbocycles. The second-order valence-corrected chi connectivity index (χ2v) is 5.23. The second-order valence-electron chi connectivity index (χ2n) is 3.71. The minimum atomic E-state index is -0.344. The molecule has 3 nitrogen and oxygen atoms in total. The number of rotatable bonds is 4. The molecule has 0 bridgehead atoms. The van der Waals surface area contributed by atoms with Crippen LogP contribution in [0.5, 0.6) is 0 Å². The zero-order chi connectivity index (χ0) is 13.8. The monoisotopic (exact) mass is 291 g/mol. The average Bonchev–Trinajstić information content (AvgIpc) is 2.82. The molecular formula is C14H10ClNO2S. The first-order chi connectivity index (χ1) is 9.13. The number of hydrogen-bond acceptors (Lipinski definition) is 3. The van der Waals surface area contributed by atoms with Crippen molar-refractivity contribution in [2.45, 2.75) is 0 Å². The molecule has 5 heteroatoms. The van der Waals surface area contributed by atoms with E-state index in [9.17, 15) is 9.59 Å². The lowest BCUT2D eigenvalue weighted by Gasteiger charge is -1.98. The van der Waals surface area contributed by atoms with Crippen LogP contribution in [-0.4, -0.2) is 12.2 Å². The number of amides is 1. The van der Waals surface area contributed by atoms with E-state index in [2.05, 4.69) is 11.9 Å². The zero-order valence-electron chi connectivity index (χ0n) is 9.85. The Bertz CT molecular complexity index is 631. The molecule has 0 unspecified atom stereocenters. The van der Waals surface area contributed by atoms with E-state index >= 15 is 0 Å². The standard InChI is InChI=1S/C14H10ClNO2S/c1-2-14(18)16-11-7-12(19-13(11)8-17)9-3-5-10(15)6-4-9/h2-8H,1H2,(H,16,18). The van der Waals surface area contributed by atoms with Crippen LogP contribution < -0.4 is 5.32 Å². The maximum atomic E-state index is 11.3. The van der Waals surface area contributed by atoms with Crippen LogP contribution in [0, 0.1) is 0 Å². The molecule has 0 aliphatic rings. The highest BCUT2D eigenvalue weighted by Gasteiger charge is 2.11. The van der Waals surface area contributed by atoms with E-state index in [-0.39, 0.29) is 5.91 Å². The van der Waals surface area contributed by atoms with Crippen molar-refractivity contribution < 1.29 is 9.59 Å². The van der Waals surface area contributed by atoms with Gasteiger partial charge in [-0.15, -0.1) is 11.3 Å². The Labute approximate surface area is 119 Å². The number of halogens is 1. The van der Waals surface area contributed by atoms with E-state index in [1.165, 1.54) is 11.3 Å².